The van der Waals surface area contributed by atoms with Crippen LogP contribution in [0.1, 0.15) is 21.7 Å². The number of carbonyl (C=O) groups excluding carboxylic acids is 1. The molecule has 8 nitrogen and oxygen atoms in total. The Kier molecular flexibility index (Phi) is 5.89. The third-order valence-electron chi connectivity index (χ3n) is 4.05. The van der Waals surface area contributed by atoms with Crippen LogP contribution >= 0.6 is 22.6 Å². The quantitative estimate of drug-likeness (QED) is 0.207. The molecule has 10 heteroatoms. The number of aliphatic hydroxyl groups excluding tert-OH is 1. The zero-order valence-electron chi connectivity index (χ0n) is 14.0. The van der Waals surface area contributed by atoms with Gasteiger partial charge in [0.1, 0.15) is 11.3 Å². The maximum Gasteiger partial charge on any atom is 0.279 e. The largest absolute Gasteiger partial charge is 0.396 e. The van der Waals surface area contributed by atoms with Gasteiger partial charge in [-0.1, -0.05) is 4.48 Å². The lowest BCUT2D eigenvalue weighted by Gasteiger charge is -2.15. The van der Waals surface area contributed by atoms with Crippen molar-refractivity contribution in [1.82, 2.24) is 15.3 Å². The highest BCUT2D eigenvalue weighted by Crippen LogP contribution is 2.31. The molecule has 0 saturated heterocycles. The van der Waals surface area contributed by atoms with Crippen LogP contribution in [0.3, 0.4) is 0 Å². The van der Waals surface area contributed by atoms with Gasteiger partial charge in [0.15, 0.2) is 0 Å². The van der Waals surface area contributed by atoms with Gasteiger partial charge in [0.05, 0.1) is 23.4 Å². The number of nitrogens with two attached hydrogens (primary N) is 1. The van der Waals surface area contributed by atoms with Crippen molar-refractivity contribution in [2.75, 3.05) is 11.9 Å². The van der Waals surface area contributed by atoms with E-state index in [-0.39, 0.29) is 52.5 Å². The van der Waals surface area contributed by atoms with Crippen LogP contribution in [0.5, 0.6) is 0 Å². The normalized spacial score (nSPS) is 11.0. The standard InChI is InChI=1S/C17H17FIN5O3/c18-24-14(5-6-25)22-13-4-3-12(15(16(13)24)17(26)23-27)21-11-2-1-10(19)7-9(11)8-20/h1-4,7,21,25,27H,5-6,8,20H2,(H,23,26). The van der Waals surface area contributed by atoms with E-state index < -0.39 is 5.91 Å². The van der Waals surface area contributed by atoms with E-state index in [1.807, 2.05) is 12.1 Å². The van der Waals surface area contributed by atoms with Crippen molar-refractivity contribution in [3.8, 4) is 0 Å². The van der Waals surface area contributed by atoms with Crippen molar-refractivity contribution in [3.63, 3.8) is 0 Å². The summed E-state index contributed by atoms with van der Waals surface area (Å²) in [7, 11) is 0. The third-order valence-corrected chi connectivity index (χ3v) is 4.72. The minimum Gasteiger partial charge on any atom is -0.396 e. The molecule has 0 spiro atoms. The van der Waals surface area contributed by atoms with Gasteiger partial charge in [0.2, 0.25) is 0 Å². The highest BCUT2D eigenvalue weighted by Gasteiger charge is 2.22. The summed E-state index contributed by atoms with van der Waals surface area (Å²) in [6, 6.07) is 8.69. The van der Waals surface area contributed by atoms with Crippen LogP contribution in [0.25, 0.3) is 11.0 Å². The van der Waals surface area contributed by atoms with E-state index in [4.69, 9.17) is 16.0 Å². The van der Waals surface area contributed by atoms with Crippen LogP contribution in [-0.2, 0) is 13.0 Å². The maximum absolute atomic E-state index is 14.7. The zero-order chi connectivity index (χ0) is 19.6. The first-order chi connectivity index (χ1) is 13.0. The van der Waals surface area contributed by atoms with Gasteiger partial charge >= 0.3 is 0 Å². The molecule has 2 aromatic carbocycles. The van der Waals surface area contributed by atoms with E-state index in [2.05, 4.69) is 32.9 Å². The first-order valence-corrected chi connectivity index (χ1v) is 9.09. The number of aromatic nitrogens is 2. The van der Waals surface area contributed by atoms with Gasteiger partial charge in [-0.2, -0.15) is 4.79 Å². The fourth-order valence-corrected chi connectivity index (χ4v) is 3.38. The second-order valence-corrected chi connectivity index (χ2v) is 6.96. The van der Waals surface area contributed by atoms with Crippen molar-refractivity contribution in [2.45, 2.75) is 13.0 Å². The Bertz CT molecular complexity index is 1010. The average molecular weight is 485 g/mol. The SMILES string of the molecule is NCc1cc(I)ccc1Nc1ccc2nc(CCO)n(F)c2c1C(=O)NO. The molecule has 1 aromatic heterocycles. The van der Waals surface area contributed by atoms with Crippen LogP contribution in [0.2, 0.25) is 0 Å². The number of hydrogen-bond acceptors (Lipinski definition) is 6. The van der Waals surface area contributed by atoms with E-state index in [1.165, 1.54) is 0 Å². The number of rotatable bonds is 6. The smallest absolute Gasteiger partial charge is 0.279 e. The predicted molar refractivity (Wildman–Crippen MR) is 107 cm³/mol. The molecule has 27 heavy (non-hydrogen) atoms. The van der Waals surface area contributed by atoms with Crippen molar-refractivity contribution in [3.05, 3.63) is 50.9 Å². The van der Waals surface area contributed by atoms with Gasteiger partial charge in [-0.25, -0.2) is 10.5 Å². The number of imidazole rings is 1. The summed E-state index contributed by atoms with van der Waals surface area (Å²) in [5.74, 6) is -0.911. The van der Waals surface area contributed by atoms with Gasteiger partial charge in [-0.3, -0.25) is 10.0 Å². The molecule has 1 amide bonds. The summed E-state index contributed by atoms with van der Waals surface area (Å²) in [5, 5.41) is 21.3. The highest BCUT2D eigenvalue weighted by atomic mass is 127. The number of halogens is 2. The number of fused-ring (bicyclic) bond motifs is 1. The Balaban J connectivity index is 2.18. The first kappa shape index (κ1) is 19.5. The Morgan fingerprint density at radius 1 is 1.30 bits per heavy atom. The molecule has 0 aliphatic carbocycles. The minimum absolute atomic E-state index is 0.0113. The number of aliphatic hydroxyl groups is 1. The van der Waals surface area contributed by atoms with Gasteiger partial charge in [-0.15, -0.1) is 0 Å². The number of nitrogens with one attached hydrogen (secondary N) is 2. The molecule has 0 unspecified atom stereocenters. The molecule has 0 aliphatic heterocycles. The molecule has 0 fully saturated rings. The van der Waals surface area contributed by atoms with E-state index in [0.717, 1.165) is 9.13 Å². The molecule has 3 rings (SSSR count). The lowest BCUT2D eigenvalue weighted by atomic mass is 10.1. The monoisotopic (exact) mass is 485 g/mol. The minimum atomic E-state index is -0.891. The second kappa shape index (κ2) is 8.17. The summed E-state index contributed by atoms with van der Waals surface area (Å²) in [4.78, 5) is 16.6. The fourth-order valence-electron chi connectivity index (χ4n) is 2.82. The summed E-state index contributed by atoms with van der Waals surface area (Å²) in [5.41, 5.74) is 9.09. The molecule has 1 heterocycles. The second-order valence-electron chi connectivity index (χ2n) is 5.71. The van der Waals surface area contributed by atoms with E-state index in [1.54, 1.807) is 23.7 Å². The third kappa shape index (κ3) is 3.74. The number of benzene rings is 2. The van der Waals surface area contributed by atoms with E-state index in [9.17, 15) is 9.28 Å². The van der Waals surface area contributed by atoms with Crippen molar-refractivity contribution >= 4 is 50.9 Å². The van der Waals surface area contributed by atoms with Gasteiger partial charge in [-0.05, 0) is 58.5 Å². The zero-order valence-corrected chi connectivity index (χ0v) is 16.2. The van der Waals surface area contributed by atoms with Crippen LogP contribution < -0.4 is 16.5 Å². The first-order valence-electron chi connectivity index (χ1n) is 8.01. The topological polar surface area (TPSA) is 125 Å². The fraction of sp³-hybridized carbons (Fsp3) is 0.176. The van der Waals surface area contributed by atoms with Crippen LogP contribution in [0, 0.1) is 3.57 Å². The van der Waals surface area contributed by atoms with Crippen LogP contribution in [0.4, 0.5) is 15.9 Å². The molecule has 0 atom stereocenters. The Morgan fingerprint density at radius 3 is 2.70 bits per heavy atom. The number of hydrogen-bond donors (Lipinski definition) is 5. The highest BCUT2D eigenvalue weighted by molar-refractivity contribution is 14.1. The molecule has 6 N–H and O–H groups in total. The number of hydroxylamine groups is 1. The molecule has 0 radical (unpaired) electrons. The molecule has 142 valence electrons. The van der Waals surface area contributed by atoms with Gasteiger partial charge in [0, 0.05) is 22.2 Å². The Morgan fingerprint density at radius 2 is 2.04 bits per heavy atom. The maximum atomic E-state index is 14.7. The lowest BCUT2D eigenvalue weighted by molar-refractivity contribution is 0.0708. The summed E-state index contributed by atoms with van der Waals surface area (Å²) < 4.78 is 15.7. The van der Waals surface area contributed by atoms with Crippen molar-refractivity contribution in [2.24, 2.45) is 5.73 Å². The lowest BCUT2D eigenvalue weighted by Crippen LogP contribution is -2.21. The number of nitrogens with zero attached hydrogens (tertiary/aromatic N) is 2. The molecule has 3 aromatic rings. The number of carbonyl (C=O) groups is 1. The number of anilines is 2. The Labute approximate surface area is 167 Å². The predicted octanol–water partition coefficient (Wildman–Crippen LogP) is 2.23. The Hall–Kier alpha value is -2.28. The molecular weight excluding hydrogens is 468 g/mol. The van der Waals surface area contributed by atoms with Crippen LogP contribution in [0.15, 0.2) is 30.3 Å². The summed E-state index contributed by atoms with van der Waals surface area (Å²) >= 11 is 2.16. The van der Waals surface area contributed by atoms with Crippen LogP contribution in [-0.4, -0.2) is 32.6 Å². The molecule has 0 aliphatic rings. The van der Waals surface area contributed by atoms with Crippen molar-refractivity contribution < 1.29 is 19.6 Å². The van der Waals surface area contributed by atoms with E-state index >= 15 is 0 Å². The summed E-state index contributed by atoms with van der Waals surface area (Å²) in [6.07, 6.45) is -0.0113. The molecule has 0 bridgehead atoms. The number of amides is 1. The summed E-state index contributed by atoms with van der Waals surface area (Å²) in [6.45, 7) is -0.0208. The molecule has 0 saturated carbocycles. The molecular formula is C17H17FIN5O3. The van der Waals surface area contributed by atoms with Gasteiger partial charge in [0.25, 0.3) is 5.91 Å². The van der Waals surface area contributed by atoms with Crippen molar-refractivity contribution in [1.29, 1.82) is 0 Å². The van der Waals surface area contributed by atoms with Gasteiger partial charge < -0.3 is 16.2 Å². The van der Waals surface area contributed by atoms with E-state index in [0.29, 0.717) is 5.69 Å². The average Bonchev–Trinajstić information content (AvgIpc) is 2.98.